The lowest BCUT2D eigenvalue weighted by molar-refractivity contribution is 0.883. The molecule has 24 heavy (non-hydrogen) atoms. The molecule has 3 heterocycles. The molecule has 0 spiro atoms. The van der Waals surface area contributed by atoms with Gasteiger partial charge in [-0.15, -0.1) is 6.42 Å². The number of rotatable bonds is 2. The van der Waals surface area contributed by atoms with Crippen molar-refractivity contribution in [1.29, 1.82) is 0 Å². The van der Waals surface area contributed by atoms with Crippen molar-refractivity contribution in [2.75, 3.05) is 5.73 Å². The van der Waals surface area contributed by atoms with Crippen LogP contribution < -0.4 is 5.73 Å². The van der Waals surface area contributed by atoms with Crippen LogP contribution in [0, 0.1) is 12.3 Å². The molecule has 0 radical (unpaired) electrons. The Kier molecular flexibility index (Phi) is 3.18. The number of nitrogens with zero attached hydrogens (tertiary/aromatic N) is 5. The first-order valence-corrected chi connectivity index (χ1v) is 7.24. The summed E-state index contributed by atoms with van der Waals surface area (Å²) in [5.74, 6) is 2.96. The number of nitrogen functional groups attached to an aromatic ring is 1. The van der Waals surface area contributed by atoms with Crippen molar-refractivity contribution in [2.45, 2.75) is 0 Å². The molecule has 4 aromatic rings. The summed E-state index contributed by atoms with van der Waals surface area (Å²) >= 11 is 0. The van der Waals surface area contributed by atoms with Crippen molar-refractivity contribution < 1.29 is 0 Å². The van der Waals surface area contributed by atoms with E-state index in [2.05, 4.69) is 26.0 Å². The average Bonchev–Trinajstić information content (AvgIpc) is 3.16. The van der Waals surface area contributed by atoms with Crippen LogP contribution >= 0.6 is 0 Å². The maximum absolute atomic E-state index is 6.01. The van der Waals surface area contributed by atoms with Crippen molar-refractivity contribution in [3.05, 3.63) is 60.7 Å². The number of aromatic nitrogens is 5. The Balaban J connectivity index is 2.04. The molecule has 6 heteroatoms. The third-order valence-corrected chi connectivity index (χ3v) is 3.68. The van der Waals surface area contributed by atoms with Crippen LogP contribution in [0.2, 0.25) is 0 Å². The quantitative estimate of drug-likeness (QED) is 0.575. The van der Waals surface area contributed by atoms with Crippen LogP contribution in [0.25, 0.3) is 28.0 Å². The first-order valence-electron chi connectivity index (χ1n) is 7.24. The molecule has 0 amide bonds. The standard InChI is InChI=1S/C18H12N6/c1-2-12-5-3-6-13(9-12)14-10-15(24-8-4-7-22-24)16-17(23-14)18(19)21-11-20-16/h1,3-11H,(H2,19,20,21). The van der Waals surface area contributed by atoms with E-state index in [9.17, 15) is 0 Å². The molecule has 2 N–H and O–H groups in total. The zero-order valence-corrected chi connectivity index (χ0v) is 12.6. The lowest BCUT2D eigenvalue weighted by Crippen LogP contribution is -2.03. The summed E-state index contributed by atoms with van der Waals surface area (Å²) in [6, 6.07) is 11.4. The van der Waals surface area contributed by atoms with Gasteiger partial charge in [0.1, 0.15) is 17.4 Å². The monoisotopic (exact) mass is 312 g/mol. The van der Waals surface area contributed by atoms with Gasteiger partial charge in [-0.05, 0) is 24.3 Å². The van der Waals surface area contributed by atoms with E-state index in [4.69, 9.17) is 12.2 Å². The first kappa shape index (κ1) is 13.9. The SMILES string of the molecule is C#Cc1cccc(-c2cc(-n3cccn3)c3ncnc(N)c3n2)c1. The summed E-state index contributed by atoms with van der Waals surface area (Å²) in [5, 5.41) is 4.29. The fraction of sp³-hybridized carbons (Fsp3) is 0. The zero-order chi connectivity index (χ0) is 16.5. The summed E-state index contributed by atoms with van der Waals surface area (Å²) in [6.07, 6.45) is 10.5. The van der Waals surface area contributed by atoms with Crippen molar-refractivity contribution in [3.63, 3.8) is 0 Å². The lowest BCUT2D eigenvalue weighted by Gasteiger charge is -2.10. The van der Waals surface area contributed by atoms with Crippen LogP contribution in [0.15, 0.2) is 55.1 Å². The van der Waals surface area contributed by atoms with E-state index >= 15 is 0 Å². The zero-order valence-electron chi connectivity index (χ0n) is 12.6. The van der Waals surface area contributed by atoms with Gasteiger partial charge >= 0.3 is 0 Å². The van der Waals surface area contributed by atoms with Gasteiger partial charge in [0.15, 0.2) is 5.82 Å². The van der Waals surface area contributed by atoms with Gasteiger partial charge in [-0.1, -0.05) is 18.1 Å². The average molecular weight is 312 g/mol. The number of hydrogen-bond acceptors (Lipinski definition) is 5. The molecule has 1 aromatic carbocycles. The Morgan fingerprint density at radius 3 is 2.79 bits per heavy atom. The molecule has 3 aromatic heterocycles. The highest BCUT2D eigenvalue weighted by atomic mass is 15.3. The largest absolute Gasteiger partial charge is 0.382 e. The second-order valence-corrected chi connectivity index (χ2v) is 5.16. The molecule has 0 aliphatic carbocycles. The second kappa shape index (κ2) is 5.48. The van der Waals surface area contributed by atoms with Crippen LogP contribution in [-0.2, 0) is 0 Å². The van der Waals surface area contributed by atoms with Crippen LogP contribution in [0.3, 0.4) is 0 Å². The van der Waals surface area contributed by atoms with E-state index in [0.29, 0.717) is 16.9 Å². The molecule has 0 saturated heterocycles. The smallest absolute Gasteiger partial charge is 0.153 e. The molecular formula is C18H12N6. The normalized spacial score (nSPS) is 10.6. The van der Waals surface area contributed by atoms with E-state index in [1.807, 2.05) is 42.6 Å². The van der Waals surface area contributed by atoms with Gasteiger partial charge in [-0.25, -0.2) is 19.6 Å². The second-order valence-electron chi connectivity index (χ2n) is 5.16. The Morgan fingerprint density at radius 1 is 1.08 bits per heavy atom. The number of terminal acetylenes is 1. The molecule has 0 unspecified atom stereocenters. The molecule has 4 rings (SSSR count). The van der Waals surface area contributed by atoms with Gasteiger partial charge in [-0.3, -0.25) is 0 Å². The van der Waals surface area contributed by atoms with E-state index in [0.717, 1.165) is 22.5 Å². The van der Waals surface area contributed by atoms with Gasteiger partial charge in [0.25, 0.3) is 0 Å². The number of hydrogen-bond donors (Lipinski definition) is 1. The molecular weight excluding hydrogens is 300 g/mol. The minimum Gasteiger partial charge on any atom is -0.382 e. The number of fused-ring (bicyclic) bond motifs is 1. The highest BCUT2D eigenvalue weighted by Gasteiger charge is 2.13. The number of pyridine rings is 1. The molecule has 0 saturated carbocycles. The summed E-state index contributed by atoms with van der Waals surface area (Å²) in [7, 11) is 0. The van der Waals surface area contributed by atoms with Crippen molar-refractivity contribution in [1.82, 2.24) is 24.7 Å². The minimum absolute atomic E-state index is 0.323. The van der Waals surface area contributed by atoms with E-state index in [1.165, 1.54) is 6.33 Å². The van der Waals surface area contributed by atoms with Crippen LogP contribution in [0.5, 0.6) is 0 Å². The van der Waals surface area contributed by atoms with E-state index in [1.54, 1.807) is 10.9 Å². The van der Waals surface area contributed by atoms with Crippen molar-refractivity contribution in [2.24, 2.45) is 0 Å². The Morgan fingerprint density at radius 2 is 2.00 bits per heavy atom. The Labute approximate surface area is 138 Å². The predicted molar refractivity (Wildman–Crippen MR) is 92.2 cm³/mol. The van der Waals surface area contributed by atoms with E-state index < -0.39 is 0 Å². The van der Waals surface area contributed by atoms with Crippen molar-refractivity contribution >= 4 is 16.9 Å². The third kappa shape index (κ3) is 2.25. The maximum Gasteiger partial charge on any atom is 0.153 e. The van der Waals surface area contributed by atoms with Crippen LogP contribution in [-0.4, -0.2) is 24.7 Å². The van der Waals surface area contributed by atoms with Crippen LogP contribution in [0.1, 0.15) is 5.56 Å². The molecule has 0 bridgehead atoms. The van der Waals surface area contributed by atoms with Crippen LogP contribution in [0.4, 0.5) is 5.82 Å². The first-order chi connectivity index (χ1) is 11.8. The topological polar surface area (TPSA) is 82.5 Å². The molecule has 0 atom stereocenters. The van der Waals surface area contributed by atoms with Crippen molar-refractivity contribution in [3.8, 4) is 29.3 Å². The molecule has 0 fully saturated rings. The molecule has 0 aliphatic heterocycles. The fourth-order valence-electron chi connectivity index (χ4n) is 2.54. The fourth-order valence-corrected chi connectivity index (χ4v) is 2.54. The summed E-state index contributed by atoms with van der Waals surface area (Å²) in [4.78, 5) is 13.0. The maximum atomic E-state index is 6.01. The highest BCUT2D eigenvalue weighted by Crippen LogP contribution is 2.28. The lowest BCUT2D eigenvalue weighted by atomic mass is 10.1. The Bertz CT molecular complexity index is 1080. The molecule has 6 nitrogen and oxygen atoms in total. The third-order valence-electron chi connectivity index (χ3n) is 3.68. The number of anilines is 1. The number of benzene rings is 1. The van der Waals surface area contributed by atoms with Gasteiger partial charge in [0, 0.05) is 23.5 Å². The predicted octanol–water partition coefficient (Wildman–Crippen LogP) is 2.44. The minimum atomic E-state index is 0.323. The summed E-state index contributed by atoms with van der Waals surface area (Å²) in [5.41, 5.74) is 10.4. The van der Waals surface area contributed by atoms with Gasteiger partial charge in [-0.2, -0.15) is 5.10 Å². The number of nitrogens with two attached hydrogens (primary N) is 1. The Hall–Kier alpha value is -3.72. The highest BCUT2D eigenvalue weighted by molar-refractivity contribution is 5.92. The summed E-state index contributed by atoms with van der Waals surface area (Å²) in [6.45, 7) is 0. The van der Waals surface area contributed by atoms with E-state index in [-0.39, 0.29) is 0 Å². The van der Waals surface area contributed by atoms with Gasteiger partial charge < -0.3 is 5.73 Å². The van der Waals surface area contributed by atoms with Gasteiger partial charge in [0.05, 0.1) is 11.4 Å². The summed E-state index contributed by atoms with van der Waals surface area (Å²) < 4.78 is 1.73. The van der Waals surface area contributed by atoms with Gasteiger partial charge in [0.2, 0.25) is 0 Å². The molecule has 0 aliphatic rings. The molecule has 114 valence electrons.